The van der Waals surface area contributed by atoms with Crippen LogP contribution in [0.1, 0.15) is 49.7 Å². The summed E-state index contributed by atoms with van der Waals surface area (Å²) in [5.41, 5.74) is 25.1. The molecule has 0 aliphatic carbocycles. The molecule has 1 aliphatic heterocycles. The Bertz CT molecular complexity index is 2110. The first-order valence-electron chi connectivity index (χ1n) is 19.0. The van der Waals surface area contributed by atoms with Crippen molar-refractivity contribution in [3.63, 3.8) is 0 Å². The van der Waals surface area contributed by atoms with Gasteiger partial charge >= 0.3 is 0 Å². The highest BCUT2D eigenvalue weighted by Gasteiger charge is 2.32. The summed E-state index contributed by atoms with van der Waals surface area (Å²) in [6.07, 6.45) is 2.70. The molecule has 0 saturated carbocycles. The zero-order valence-electron chi connectivity index (χ0n) is 31.6. The van der Waals surface area contributed by atoms with Gasteiger partial charge in [-0.05, 0) is 60.1 Å². The molecule has 1 aliphatic rings. The molecule has 302 valence electrons. The number of primary amides is 1. The molecule has 5 rings (SSSR count). The molecule has 4 aromatic rings. The smallest absolute Gasteiger partial charge is 0.243 e. The molecule has 57 heavy (non-hydrogen) atoms. The molecule has 2 heterocycles. The van der Waals surface area contributed by atoms with Gasteiger partial charge in [0.25, 0.3) is 0 Å². The van der Waals surface area contributed by atoms with Crippen LogP contribution in [0.3, 0.4) is 0 Å². The minimum absolute atomic E-state index is 0.0176. The first-order chi connectivity index (χ1) is 27.4. The lowest BCUT2D eigenvalue weighted by atomic mass is 9.99. The Morgan fingerprint density at radius 3 is 2.18 bits per heavy atom. The number of para-hydroxylation sites is 1. The second kappa shape index (κ2) is 19.9. The standard InChI is InChI=1S/C40H51N11O6/c41-28-21-34(52)45-16-6-5-12-30(35(42)53)48-39(57)33(20-26-22-47-29-11-4-3-10-27(26)29)51-37(55)31(13-7-17-46-40(43)44)49-38(56)32(50-36(28)54)19-23-14-15-24-8-1-2-9-25(24)18-23/h1-4,8-11,14-15,18,22,28,30-33,47H,5-7,12-13,16-17,19-21,41H2,(H2,42,53)(H,45,52)(H,48,57)(H,49,56)(H,50,54)(H,51,55)(H4,43,44,46)/t28?,30?,31-,32+,33-/m0/s1. The molecule has 1 fully saturated rings. The van der Waals surface area contributed by atoms with Gasteiger partial charge in [-0.25, -0.2) is 0 Å². The molecule has 1 aromatic heterocycles. The Hall–Kier alpha value is -6.49. The van der Waals surface area contributed by atoms with Crippen LogP contribution in [-0.4, -0.2) is 89.7 Å². The summed E-state index contributed by atoms with van der Waals surface area (Å²) in [5.74, 6) is -4.23. The van der Waals surface area contributed by atoms with Crippen LogP contribution in [0.25, 0.3) is 21.7 Å². The van der Waals surface area contributed by atoms with Gasteiger partial charge in [0.05, 0.1) is 12.5 Å². The van der Waals surface area contributed by atoms with Gasteiger partial charge in [0.15, 0.2) is 5.96 Å². The zero-order valence-corrected chi connectivity index (χ0v) is 31.6. The van der Waals surface area contributed by atoms with Crippen molar-refractivity contribution >= 4 is 63.1 Å². The van der Waals surface area contributed by atoms with Gasteiger partial charge < -0.3 is 54.5 Å². The molecule has 17 heteroatoms. The molecule has 0 spiro atoms. The lowest BCUT2D eigenvalue weighted by molar-refractivity contribution is -0.135. The third-order valence-electron chi connectivity index (χ3n) is 9.84. The fourth-order valence-corrected chi connectivity index (χ4v) is 6.76. The highest BCUT2D eigenvalue weighted by molar-refractivity contribution is 5.97. The minimum atomic E-state index is -1.29. The number of nitrogens with zero attached hydrogens (tertiary/aromatic N) is 1. The molecule has 17 nitrogen and oxygen atoms in total. The van der Waals surface area contributed by atoms with E-state index >= 15 is 0 Å². The van der Waals surface area contributed by atoms with Crippen LogP contribution in [0.2, 0.25) is 0 Å². The number of fused-ring (bicyclic) bond motifs is 2. The second-order valence-electron chi connectivity index (χ2n) is 14.2. The predicted octanol–water partition coefficient (Wildman–Crippen LogP) is -0.398. The minimum Gasteiger partial charge on any atom is -0.370 e. The molecular weight excluding hydrogens is 731 g/mol. The first-order valence-corrected chi connectivity index (χ1v) is 19.0. The van der Waals surface area contributed by atoms with E-state index in [1.807, 2.05) is 66.7 Å². The summed E-state index contributed by atoms with van der Waals surface area (Å²) < 4.78 is 0. The Balaban J connectivity index is 1.48. The monoisotopic (exact) mass is 781 g/mol. The summed E-state index contributed by atoms with van der Waals surface area (Å²) in [5, 5.41) is 16.4. The van der Waals surface area contributed by atoms with Crippen molar-refractivity contribution in [2.45, 2.75) is 81.6 Å². The second-order valence-corrected chi connectivity index (χ2v) is 14.2. The van der Waals surface area contributed by atoms with E-state index in [9.17, 15) is 28.8 Å². The van der Waals surface area contributed by atoms with Gasteiger partial charge in [0, 0.05) is 43.0 Å². The van der Waals surface area contributed by atoms with Gasteiger partial charge in [0.1, 0.15) is 24.2 Å². The Kier molecular flexibility index (Phi) is 14.5. The van der Waals surface area contributed by atoms with Crippen molar-refractivity contribution in [2.24, 2.45) is 27.9 Å². The number of aliphatic imine (C=N–C) groups is 1. The maximum atomic E-state index is 14.2. The lowest BCUT2D eigenvalue weighted by Crippen LogP contribution is -2.59. The molecular formula is C40H51N11O6. The number of guanidine groups is 1. The highest BCUT2D eigenvalue weighted by atomic mass is 16.2. The van der Waals surface area contributed by atoms with E-state index in [1.54, 1.807) is 6.20 Å². The number of amides is 6. The van der Waals surface area contributed by atoms with Crippen LogP contribution in [0.4, 0.5) is 0 Å². The van der Waals surface area contributed by atoms with Crippen LogP contribution < -0.4 is 49.5 Å². The van der Waals surface area contributed by atoms with Crippen molar-refractivity contribution in [3.8, 4) is 0 Å². The maximum absolute atomic E-state index is 14.2. The fraction of sp³-hybridized carbons (Fsp3) is 0.375. The average Bonchev–Trinajstić information content (AvgIpc) is 3.59. The van der Waals surface area contributed by atoms with Crippen LogP contribution in [-0.2, 0) is 41.6 Å². The third-order valence-corrected chi connectivity index (χ3v) is 9.84. The number of benzene rings is 3. The molecule has 2 unspecified atom stereocenters. The number of aromatic amines is 1. The van der Waals surface area contributed by atoms with Crippen LogP contribution in [0.15, 0.2) is 77.9 Å². The van der Waals surface area contributed by atoms with E-state index in [1.165, 1.54) is 0 Å². The van der Waals surface area contributed by atoms with Crippen LogP contribution in [0, 0.1) is 0 Å². The van der Waals surface area contributed by atoms with E-state index in [0.717, 1.165) is 27.2 Å². The zero-order chi connectivity index (χ0) is 40.9. The Morgan fingerprint density at radius 2 is 1.40 bits per heavy atom. The maximum Gasteiger partial charge on any atom is 0.243 e. The normalized spacial score (nSPS) is 22.1. The van der Waals surface area contributed by atoms with E-state index < -0.39 is 65.7 Å². The quantitative estimate of drug-likeness (QED) is 0.0600. The number of rotatable bonds is 9. The Labute approximate surface area is 329 Å². The molecule has 1 saturated heterocycles. The van der Waals surface area contributed by atoms with E-state index in [2.05, 4.69) is 36.6 Å². The molecule has 14 N–H and O–H groups in total. The molecule has 0 bridgehead atoms. The van der Waals surface area contributed by atoms with Crippen molar-refractivity contribution < 1.29 is 28.8 Å². The van der Waals surface area contributed by atoms with E-state index in [4.69, 9.17) is 22.9 Å². The van der Waals surface area contributed by atoms with Crippen molar-refractivity contribution in [1.82, 2.24) is 31.6 Å². The van der Waals surface area contributed by atoms with Gasteiger partial charge in [-0.2, -0.15) is 0 Å². The van der Waals surface area contributed by atoms with Crippen LogP contribution in [0.5, 0.6) is 0 Å². The van der Waals surface area contributed by atoms with Gasteiger partial charge in [-0.3, -0.25) is 33.8 Å². The Morgan fingerprint density at radius 1 is 0.737 bits per heavy atom. The fourth-order valence-electron chi connectivity index (χ4n) is 6.76. The van der Waals surface area contributed by atoms with E-state index in [-0.39, 0.29) is 57.6 Å². The van der Waals surface area contributed by atoms with E-state index in [0.29, 0.717) is 18.4 Å². The first kappa shape index (κ1) is 41.7. The molecule has 0 radical (unpaired) electrons. The third kappa shape index (κ3) is 12.0. The number of carbonyl (C=O) groups excluding carboxylic acids is 6. The average molecular weight is 782 g/mol. The summed E-state index contributed by atoms with van der Waals surface area (Å²) >= 11 is 0. The number of carbonyl (C=O) groups is 6. The molecule has 5 atom stereocenters. The van der Waals surface area contributed by atoms with Gasteiger partial charge in [0.2, 0.25) is 35.4 Å². The number of aromatic nitrogens is 1. The van der Waals surface area contributed by atoms with Crippen molar-refractivity contribution in [1.29, 1.82) is 0 Å². The summed E-state index contributed by atoms with van der Waals surface area (Å²) in [7, 11) is 0. The number of hydrogen-bond donors (Lipinski definition) is 10. The molecule has 6 amide bonds. The van der Waals surface area contributed by atoms with Gasteiger partial charge in [-0.15, -0.1) is 0 Å². The number of nitrogens with one attached hydrogen (secondary N) is 6. The summed E-state index contributed by atoms with van der Waals surface area (Å²) in [4.78, 5) is 88.3. The van der Waals surface area contributed by atoms with Crippen LogP contribution >= 0.6 is 0 Å². The predicted molar refractivity (Wildman–Crippen MR) is 216 cm³/mol. The summed E-state index contributed by atoms with van der Waals surface area (Å²) in [6.45, 7) is 0.346. The number of nitrogens with two attached hydrogens (primary N) is 4. The lowest BCUT2D eigenvalue weighted by Gasteiger charge is -2.27. The number of H-pyrrole nitrogens is 1. The van der Waals surface area contributed by atoms with Gasteiger partial charge in [-0.1, -0.05) is 60.7 Å². The number of hydrogen-bond acceptors (Lipinski definition) is 8. The topological polar surface area (TPSA) is 295 Å². The molecule has 3 aromatic carbocycles. The largest absolute Gasteiger partial charge is 0.370 e. The van der Waals surface area contributed by atoms with Crippen molar-refractivity contribution in [3.05, 3.63) is 84.1 Å². The summed E-state index contributed by atoms with van der Waals surface area (Å²) in [6, 6.07) is 14.7. The highest BCUT2D eigenvalue weighted by Crippen LogP contribution is 2.20. The SMILES string of the molecule is NC(=O)C1CCCCNC(=O)CC(N)C(=O)N[C@H](Cc2ccc3ccccc3c2)C(=O)N[C@@H](CCCN=C(N)N)C(=O)N[C@@H](Cc2c[nH]c3ccccc23)C(=O)N1. The van der Waals surface area contributed by atoms with Crippen molar-refractivity contribution in [2.75, 3.05) is 13.1 Å².